The van der Waals surface area contributed by atoms with E-state index >= 15 is 0 Å². The van der Waals surface area contributed by atoms with Crippen molar-refractivity contribution in [2.45, 2.75) is 32.7 Å². The van der Waals surface area contributed by atoms with Gasteiger partial charge in [0.2, 0.25) is 5.91 Å². The molecule has 3 heteroatoms. The molecule has 1 aromatic rings. The molecule has 1 N–H and O–H groups in total. The fourth-order valence-corrected chi connectivity index (χ4v) is 2.77. The first-order valence-electron chi connectivity index (χ1n) is 5.73. The highest BCUT2D eigenvalue weighted by Gasteiger charge is 2.13. The Labute approximate surface area is 100 Å². The molecule has 1 aliphatic carbocycles. The number of carbonyl (C=O) groups is 1. The van der Waals surface area contributed by atoms with Crippen LogP contribution in [-0.4, -0.2) is 5.91 Å². The molecule has 2 rings (SSSR count). The lowest BCUT2D eigenvalue weighted by molar-refractivity contribution is -0.121. The van der Waals surface area contributed by atoms with Crippen LogP contribution in [0.5, 0.6) is 0 Å². The second-order valence-electron chi connectivity index (χ2n) is 4.26. The van der Waals surface area contributed by atoms with Crippen molar-refractivity contribution in [3.05, 3.63) is 34.0 Å². The van der Waals surface area contributed by atoms with Gasteiger partial charge < -0.3 is 5.32 Å². The van der Waals surface area contributed by atoms with Gasteiger partial charge in [-0.2, -0.15) is 0 Å². The molecule has 0 bridgehead atoms. The molecule has 0 aliphatic heterocycles. The van der Waals surface area contributed by atoms with E-state index in [1.807, 2.05) is 0 Å². The molecule has 0 saturated carbocycles. The lowest BCUT2D eigenvalue weighted by atomic mass is 10.1. The van der Waals surface area contributed by atoms with Crippen molar-refractivity contribution in [3.63, 3.8) is 0 Å². The van der Waals surface area contributed by atoms with Crippen LogP contribution in [0.3, 0.4) is 0 Å². The first kappa shape index (κ1) is 11.4. The predicted octanol–water partition coefficient (Wildman–Crippen LogP) is 3.03. The topological polar surface area (TPSA) is 29.1 Å². The highest BCUT2D eigenvalue weighted by molar-refractivity contribution is 7.11. The molecule has 86 valence electrons. The largest absolute Gasteiger partial charge is 0.351 e. The summed E-state index contributed by atoms with van der Waals surface area (Å²) in [5.74, 6) is 0.632. The van der Waals surface area contributed by atoms with Gasteiger partial charge in [0.25, 0.3) is 0 Å². The van der Waals surface area contributed by atoms with Crippen LogP contribution in [0.15, 0.2) is 24.3 Å². The highest BCUT2D eigenvalue weighted by Crippen LogP contribution is 2.20. The molecule has 2 nitrogen and oxygen atoms in total. The second kappa shape index (κ2) is 5.30. The average Bonchev–Trinajstić information content (AvgIpc) is 2.87. The Bertz CT molecular complexity index is 394. The van der Waals surface area contributed by atoms with E-state index < -0.39 is 0 Å². The van der Waals surface area contributed by atoms with Crippen LogP contribution >= 0.6 is 11.3 Å². The zero-order chi connectivity index (χ0) is 11.4. The molecule has 0 saturated heterocycles. The summed E-state index contributed by atoms with van der Waals surface area (Å²) in [6.07, 6.45) is 7.23. The van der Waals surface area contributed by atoms with Crippen molar-refractivity contribution in [3.8, 4) is 0 Å². The van der Waals surface area contributed by atoms with E-state index in [9.17, 15) is 4.79 Å². The maximum Gasteiger partial charge on any atom is 0.220 e. The average molecular weight is 235 g/mol. The van der Waals surface area contributed by atoms with Crippen LogP contribution in [0.25, 0.3) is 0 Å². The van der Waals surface area contributed by atoms with Crippen LogP contribution in [0.2, 0.25) is 0 Å². The molecule has 1 aromatic heterocycles. The Morgan fingerprint density at radius 2 is 2.44 bits per heavy atom. The van der Waals surface area contributed by atoms with E-state index in [0.717, 1.165) is 12.8 Å². The van der Waals surface area contributed by atoms with Crippen LogP contribution in [0.4, 0.5) is 0 Å². The number of thiophene rings is 1. The summed E-state index contributed by atoms with van der Waals surface area (Å²) < 4.78 is 0. The third-order valence-electron chi connectivity index (χ3n) is 2.82. The summed E-state index contributed by atoms with van der Waals surface area (Å²) in [4.78, 5) is 14.2. The van der Waals surface area contributed by atoms with Crippen molar-refractivity contribution in [2.75, 3.05) is 0 Å². The molecule has 1 heterocycles. The third-order valence-corrected chi connectivity index (χ3v) is 3.82. The van der Waals surface area contributed by atoms with Crippen molar-refractivity contribution in [1.29, 1.82) is 0 Å². The standard InChI is InChI=1S/C13H17NOS/c1-10-6-7-12(16-10)9-14-13(15)8-11-4-2-3-5-11/h2,4,6-7,11H,3,5,8-9H2,1H3,(H,14,15)/t11-/m0/s1. The third kappa shape index (κ3) is 3.20. The fraction of sp³-hybridized carbons (Fsp3) is 0.462. The molecular formula is C13H17NOS. The summed E-state index contributed by atoms with van der Waals surface area (Å²) in [6, 6.07) is 4.17. The number of hydrogen-bond donors (Lipinski definition) is 1. The molecule has 1 atom stereocenters. The molecule has 1 amide bonds. The fourth-order valence-electron chi connectivity index (χ4n) is 1.94. The second-order valence-corrected chi connectivity index (χ2v) is 5.63. The SMILES string of the molecule is Cc1ccc(CNC(=O)C[C@H]2C=CCC2)s1. The molecule has 16 heavy (non-hydrogen) atoms. The summed E-state index contributed by atoms with van der Waals surface area (Å²) in [6.45, 7) is 2.76. The number of hydrogen-bond acceptors (Lipinski definition) is 2. The lowest BCUT2D eigenvalue weighted by Crippen LogP contribution is -2.23. The van der Waals surface area contributed by atoms with Crippen molar-refractivity contribution in [2.24, 2.45) is 5.92 Å². The van der Waals surface area contributed by atoms with Gasteiger partial charge in [0.1, 0.15) is 0 Å². The summed E-state index contributed by atoms with van der Waals surface area (Å²) in [5, 5.41) is 2.98. The molecule has 0 radical (unpaired) electrons. The highest BCUT2D eigenvalue weighted by atomic mass is 32.1. The van der Waals surface area contributed by atoms with Crippen molar-refractivity contribution < 1.29 is 4.79 Å². The van der Waals surface area contributed by atoms with Crippen LogP contribution in [0.1, 0.15) is 29.0 Å². The van der Waals surface area contributed by atoms with Crippen molar-refractivity contribution >= 4 is 17.2 Å². The Morgan fingerprint density at radius 1 is 1.56 bits per heavy atom. The first-order valence-corrected chi connectivity index (χ1v) is 6.54. The minimum absolute atomic E-state index is 0.169. The van der Waals surface area contributed by atoms with Crippen LogP contribution < -0.4 is 5.32 Å². The first-order chi connectivity index (χ1) is 7.74. The van der Waals surface area contributed by atoms with Gasteiger partial charge in [0.15, 0.2) is 0 Å². The van der Waals surface area contributed by atoms with E-state index in [1.165, 1.54) is 9.75 Å². The smallest absolute Gasteiger partial charge is 0.220 e. The monoisotopic (exact) mass is 235 g/mol. The lowest BCUT2D eigenvalue weighted by Gasteiger charge is -2.07. The summed E-state index contributed by atoms with van der Waals surface area (Å²) in [7, 11) is 0. The quantitative estimate of drug-likeness (QED) is 0.799. The number of rotatable bonds is 4. The van der Waals surface area contributed by atoms with Gasteiger partial charge in [-0.1, -0.05) is 12.2 Å². The Hall–Kier alpha value is -1.09. The van der Waals surface area contributed by atoms with Gasteiger partial charge in [-0.15, -0.1) is 11.3 Å². The van der Waals surface area contributed by atoms with Gasteiger partial charge in [0.05, 0.1) is 6.54 Å². The van der Waals surface area contributed by atoms with Gasteiger partial charge in [-0.25, -0.2) is 0 Å². The molecule has 0 unspecified atom stereocenters. The van der Waals surface area contributed by atoms with Crippen molar-refractivity contribution in [1.82, 2.24) is 5.32 Å². The molecule has 0 fully saturated rings. The van der Waals surface area contributed by atoms with E-state index in [0.29, 0.717) is 18.9 Å². The summed E-state index contributed by atoms with van der Waals surface area (Å²) in [5.41, 5.74) is 0. The van der Waals surface area contributed by atoms with Crippen LogP contribution in [0, 0.1) is 12.8 Å². The molecule has 1 aliphatic rings. The number of nitrogens with one attached hydrogen (secondary N) is 1. The number of carbonyl (C=O) groups excluding carboxylic acids is 1. The zero-order valence-corrected chi connectivity index (χ0v) is 10.3. The van der Waals surface area contributed by atoms with Crippen LogP contribution in [-0.2, 0) is 11.3 Å². The minimum atomic E-state index is 0.169. The number of aryl methyl sites for hydroxylation is 1. The number of allylic oxidation sites excluding steroid dienone is 2. The molecule has 0 spiro atoms. The molecule has 0 aromatic carbocycles. The maximum atomic E-state index is 11.6. The molecular weight excluding hydrogens is 218 g/mol. The van der Waals surface area contributed by atoms with Gasteiger partial charge in [0, 0.05) is 16.2 Å². The summed E-state index contributed by atoms with van der Waals surface area (Å²) >= 11 is 1.74. The van der Waals surface area contributed by atoms with E-state index in [2.05, 4.69) is 36.5 Å². The Kier molecular flexibility index (Phi) is 3.78. The maximum absolute atomic E-state index is 11.6. The Balaban J connectivity index is 1.73. The normalized spacial score (nSPS) is 18.9. The van der Waals surface area contributed by atoms with E-state index in [1.54, 1.807) is 11.3 Å². The minimum Gasteiger partial charge on any atom is -0.351 e. The Morgan fingerprint density at radius 3 is 3.06 bits per heavy atom. The van der Waals surface area contributed by atoms with Gasteiger partial charge >= 0.3 is 0 Å². The zero-order valence-electron chi connectivity index (χ0n) is 9.53. The van der Waals surface area contributed by atoms with Gasteiger partial charge in [-0.05, 0) is 37.8 Å². The van der Waals surface area contributed by atoms with E-state index in [4.69, 9.17) is 0 Å². The number of amides is 1. The van der Waals surface area contributed by atoms with Gasteiger partial charge in [-0.3, -0.25) is 4.79 Å². The predicted molar refractivity (Wildman–Crippen MR) is 67.4 cm³/mol. The van der Waals surface area contributed by atoms with E-state index in [-0.39, 0.29) is 5.91 Å².